The molecule has 0 amide bonds. The van der Waals surface area contributed by atoms with Gasteiger partial charge in [-0.2, -0.15) is 0 Å². The Bertz CT molecular complexity index is 364. The van der Waals surface area contributed by atoms with Gasteiger partial charge in [0.15, 0.2) is 0 Å². The van der Waals surface area contributed by atoms with E-state index in [2.05, 4.69) is 31.3 Å². The fourth-order valence-corrected chi connectivity index (χ4v) is 2.86. The Morgan fingerprint density at radius 3 is 2.47 bits per heavy atom. The summed E-state index contributed by atoms with van der Waals surface area (Å²) in [6.45, 7) is 5.42. The van der Waals surface area contributed by atoms with Crippen molar-refractivity contribution in [1.29, 1.82) is 0 Å². The van der Waals surface area contributed by atoms with Crippen molar-refractivity contribution in [3.8, 4) is 0 Å². The van der Waals surface area contributed by atoms with Crippen LogP contribution in [-0.2, 0) is 6.42 Å². The predicted octanol–water partition coefficient (Wildman–Crippen LogP) is 3.15. The van der Waals surface area contributed by atoms with Crippen LogP contribution < -0.4 is 5.32 Å². The first-order chi connectivity index (χ1) is 9.05. The first-order valence-corrected chi connectivity index (χ1v) is 7.50. The molecular formula is C17H27NO. The second-order valence-corrected chi connectivity index (χ2v) is 6.69. The van der Waals surface area contributed by atoms with Gasteiger partial charge in [-0.1, -0.05) is 44.2 Å². The molecule has 0 aliphatic heterocycles. The smallest absolute Gasteiger partial charge is 0.0704 e. The normalized spacial score (nSPS) is 21.2. The molecule has 0 bridgehead atoms. The number of hydrogen-bond donors (Lipinski definition) is 2. The number of benzene rings is 1. The van der Waals surface area contributed by atoms with Crippen molar-refractivity contribution in [2.24, 2.45) is 5.41 Å². The van der Waals surface area contributed by atoms with Crippen molar-refractivity contribution in [2.75, 3.05) is 6.54 Å². The van der Waals surface area contributed by atoms with Crippen molar-refractivity contribution in [2.45, 2.75) is 58.1 Å². The summed E-state index contributed by atoms with van der Waals surface area (Å²) in [5.74, 6) is 0. The third-order valence-electron chi connectivity index (χ3n) is 4.30. The number of nitrogens with one attached hydrogen (secondary N) is 1. The summed E-state index contributed by atoms with van der Waals surface area (Å²) in [5, 5.41) is 13.6. The first-order valence-electron chi connectivity index (χ1n) is 7.50. The standard InChI is InChI=1S/C17H27NO/c1-17(2)10-8-15(9-11-17)18-13-16(19)12-14-6-4-3-5-7-14/h3-7,15-16,18-19H,8-13H2,1-2H3/t16-/m0/s1. The zero-order valence-corrected chi connectivity index (χ0v) is 12.2. The minimum absolute atomic E-state index is 0.280. The molecule has 0 radical (unpaired) electrons. The van der Waals surface area contributed by atoms with Crippen LogP contribution in [0.3, 0.4) is 0 Å². The van der Waals surface area contributed by atoms with Gasteiger partial charge in [-0.05, 0) is 43.1 Å². The molecule has 2 rings (SSSR count). The molecule has 1 aromatic carbocycles. The van der Waals surface area contributed by atoms with Crippen LogP contribution in [0.15, 0.2) is 30.3 Å². The van der Waals surface area contributed by atoms with E-state index in [0.717, 1.165) is 6.42 Å². The molecular weight excluding hydrogens is 234 g/mol. The quantitative estimate of drug-likeness (QED) is 0.853. The molecule has 0 unspecified atom stereocenters. The fourth-order valence-electron chi connectivity index (χ4n) is 2.86. The highest BCUT2D eigenvalue weighted by Gasteiger charge is 2.26. The van der Waals surface area contributed by atoms with Crippen molar-refractivity contribution in [3.63, 3.8) is 0 Å². The molecule has 2 heteroatoms. The Morgan fingerprint density at radius 1 is 1.21 bits per heavy atom. The van der Waals surface area contributed by atoms with E-state index < -0.39 is 0 Å². The summed E-state index contributed by atoms with van der Waals surface area (Å²) in [4.78, 5) is 0. The van der Waals surface area contributed by atoms with Gasteiger partial charge in [0.2, 0.25) is 0 Å². The molecule has 0 aromatic heterocycles. The number of rotatable bonds is 5. The zero-order chi connectivity index (χ0) is 13.7. The van der Waals surface area contributed by atoms with Crippen LogP contribution >= 0.6 is 0 Å². The summed E-state index contributed by atoms with van der Waals surface area (Å²) in [6, 6.07) is 10.8. The molecule has 0 saturated heterocycles. The molecule has 0 heterocycles. The van der Waals surface area contributed by atoms with E-state index in [1.807, 2.05) is 18.2 Å². The van der Waals surface area contributed by atoms with E-state index in [4.69, 9.17) is 0 Å². The van der Waals surface area contributed by atoms with E-state index in [1.165, 1.54) is 31.2 Å². The van der Waals surface area contributed by atoms with Gasteiger partial charge in [0.1, 0.15) is 0 Å². The minimum Gasteiger partial charge on any atom is -0.391 e. The van der Waals surface area contributed by atoms with Crippen LogP contribution in [0.4, 0.5) is 0 Å². The molecule has 0 spiro atoms. The van der Waals surface area contributed by atoms with Crippen LogP contribution in [0.5, 0.6) is 0 Å². The number of hydrogen-bond acceptors (Lipinski definition) is 2. The average molecular weight is 261 g/mol. The van der Waals surface area contributed by atoms with Crippen molar-refractivity contribution < 1.29 is 5.11 Å². The van der Waals surface area contributed by atoms with Gasteiger partial charge >= 0.3 is 0 Å². The summed E-state index contributed by atoms with van der Waals surface area (Å²) in [5.41, 5.74) is 1.72. The maximum atomic E-state index is 10.1. The highest BCUT2D eigenvalue weighted by molar-refractivity contribution is 5.15. The summed E-state index contributed by atoms with van der Waals surface area (Å²) >= 11 is 0. The Hall–Kier alpha value is -0.860. The third-order valence-corrected chi connectivity index (χ3v) is 4.30. The van der Waals surface area contributed by atoms with Gasteiger partial charge in [0, 0.05) is 12.6 Å². The maximum absolute atomic E-state index is 10.1. The Balaban J connectivity index is 1.68. The molecule has 1 aliphatic rings. The van der Waals surface area contributed by atoms with Crippen LogP contribution in [0, 0.1) is 5.41 Å². The number of aliphatic hydroxyl groups is 1. The van der Waals surface area contributed by atoms with Crippen LogP contribution in [0.2, 0.25) is 0 Å². The van der Waals surface area contributed by atoms with Crippen molar-refractivity contribution in [1.82, 2.24) is 5.32 Å². The minimum atomic E-state index is -0.280. The van der Waals surface area contributed by atoms with Crippen molar-refractivity contribution >= 4 is 0 Å². The summed E-state index contributed by atoms with van der Waals surface area (Å²) < 4.78 is 0. The molecule has 1 saturated carbocycles. The second-order valence-electron chi connectivity index (χ2n) is 6.69. The maximum Gasteiger partial charge on any atom is 0.0704 e. The molecule has 2 nitrogen and oxygen atoms in total. The van der Waals surface area contributed by atoms with E-state index in [9.17, 15) is 5.11 Å². The molecule has 1 aromatic rings. The zero-order valence-electron chi connectivity index (χ0n) is 12.2. The average Bonchev–Trinajstić information content (AvgIpc) is 2.39. The van der Waals surface area contributed by atoms with Crippen LogP contribution in [0.25, 0.3) is 0 Å². The van der Waals surface area contributed by atoms with E-state index in [-0.39, 0.29) is 6.10 Å². The van der Waals surface area contributed by atoms with E-state index >= 15 is 0 Å². The Morgan fingerprint density at radius 2 is 1.84 bits per heavy atom. The monoisotopic (exact) mass is 261 g/mol. The van der Waals surface area contributed by atoms with E-state index in [0.29, 0.717) is 18.0 Å². The molecule has 2 N–H and O–H groups in total. The Kier molecular flexibility index (Phi) is 5.00. The lowest BCUT2D eigenvalue weighted by atomic mass is 9.75. The summed E-state index contributed by atoms with van der Waals surface area (Å²) in [6.07, 6.45) is 5.53. The first kappa shape index (κ1) is 14.5. The lowest BCUT2D eigenvalue weighted by molar-refractivity contribution is 0.151. The van der Waals surface area contributed by atoms with Gasteiger partial charge in [0.25, 0.3) is 0 Å². The molecule has 1 atom stereocenters. The molecule has 1 fully saturated rings. The number of aliphatic hydroxyl groups excluding tert-OH is 1. The van der Waals surface area contributed by atoms with Gasteiger partial charge in [-0.3, -0.25) is 0 Å². The van der Waals surface area contributed by atoms with Gasteiger partial charge in [0.05, 0.1) is 6.10 Å². The Labute approximate surface area is 117 Å². The van der Waals surface area contributed by atoms with Gasteiger partial charge in [-0.25, -0.2) is 0 Å². The second kappa shape index (κ2) is 6.53. The molecule has 19 heavy (non-hydrogen) atoms. The fraction of sp³-hybridized carbons (Fsp3) is 0.647. The van der Waals surface area contributed by atoms with E-state index in [1.54, 1.807) is 0 Å². The molecule has 1 aliphatic carbocycles. The van der Waals surface area contributed by atoms with Crippen molar-refractivity contribution in [3.05, 3.63) is 35.9 Å². The van der Waals surface area contributed by atoms with Gasteiger partial charge in [-0.15, -0.1) is 0 Å². The van der Waals surface area contributed by atoms with Crippen LogP contribution in [-0.4, -0.2) is 23.8 Å². The highest BCUT2D eigenvalue weighted by atomic mass is 16.3. The SMILES string of the molecule is CC1(C)CCC(NC[C@@H](O)Cc2ccccc2)CC1. The lowest BCUT2D eigenvalue weighted by Gasteiger charge is -2.35. The summed E-state index contributed by atoms with van der Waals surface area (Å²) in [7, 11) is 0. The third kappa shape index (κ3) is 4.96. The highest BCUT2D eigenvalue weighted by Crippen LogP contribution is 2.34. The lowest BCUT2D eigenvalue weighted by Crippen LogP contribution is -2.40. The van der Waals surface area contributed by atoms with Gasteiger partial charge < -0.3 is 10.4 Å². The molecule has 106 valence electrons. The topological polar surface area (TPSA) is 32.3 Å². The van der Waals surface area contributed by atoms with Crippen LogP contribution in [0.1, 0.15) is 45.1 Å². The predicted molar refractivity (Wildman–Crippen MR) is 80.2 cm³/mol. The largest absolute Gasteiger partial charge is 0.391 e.